The normalized spacial score (nSPS) is 9.89. The van der Waals surface area contributed by atoms with Gasteiger partial charge in [0.2, 0.25) is 0 Å². The molecule has 2 nitrogen and oxygen atoms in total. The first kappa shape index (κ1) is 11.3. The average Bonchev–Trinajstić information content (AvgIpc) is 2.46. The van der Waals surface area contributed by atoms with Crippen LogP contribution in [0.15, 0.2) is 60.8 Å². The Balaban J connectivity index is 1.95. The molecule has 0 saturated carbocycles. The molecular weight excluding hydrogens is 232 g/mol. The van der Waals surface area contributed by atoms with E-state index < -0.39 is 0 Å². The van der Waals surface area contributed by atoms with Gasteiger partial charge in [0, 0.05) is 28.4 Å². The van der Waals surface area contributed by atoms with E-state index in [1.165, 1.54) is 0 Å². The zero-order valence-electron chi connectivity index (χ0n) is 10.3. The summed E-state index contributed by atoms with van der Waals surface area (Å²) < 4.78 is 0. The summed E-state index contributed by atoms with van der Waals surface area (Å²) in [6.45, 7) is 0. The van der Waals surface area contributed by atoms with Gasteiger partial charge in [-0.1, -0.05) is 30.0 Å². The number of hydrogen-bond acceptors (Lipinski definition) is 2. The molecule has 0 bridgehead atoms. The average molecular weight is 244 g/mol. The van der Waals surface area contributed by atoms with E-state index in [-0.39, 0.29) is 0 Å². The second kappa shape index (κ2) is 4.83. The van der Waals surface area contributed by atoms with Crippen LogP contribution in [0.3, 0.4) is 0 Å². The highest BCUT2D eigenvalue weighted by atomic mass is 14.6. The van der Waals surface area contributed by atoms with E-state index in [0.29, 0.717) is 0 Å². The highest BCUT2D eigenvalue weighted by Gasteiger charge is 1.94. The van der Waals surface area contributed by atoms with Gasteiger partial charge in [0.25, 0.3) is 0 Å². The third-order valence-electron chi connectivity index (χ3n) is 2.85. The number of benzene rings is 2. The van der Waals surface area contributed by atoms with Crippen LogP contribution < -0.4 is 5.73 Å². The van der Waals surface area contributed by atoms with Gasteiger partial charge >= 0.3 is 0 Å². The lowest BCUT2D eigenvalue weighted by atomic mass is 10.1. The summed E-state index contributed by atoms with van der Waals surface area (Å²) in [6, 6.07) is 17.6. The van der Waals surface area contributed by atoms with Crippen LogP contribution in [0.4, 0.5) is 5.69 Å². The molecule has 2 aromatic carbocycles. The summed E-state index contributed by atoms with van der Waals surface area (Å²) in [5, 5.41) is 1.10. The summed E-state index contributed by atoms with van der Waals surface area (Å²) in [5.41, 5.74) is 9.23. The lowest BCUT2D eigenvalue weighted by Gasteiger charge is -1.96. The fourth-order valence-electron chi connectivity index (χ4n) is 1.85. The largest absolute Gasteiger partial charge is 0.399 e. The fourth-order valence-corrected chi connectivity index (χ4v) is 1.85. The van der Waals surface area contributed by atoms with E-state index in [2.05, 4.69) is 16.8 Å². The third kappa shape index (κ3) is 2.56. The number of fused-ring (bicyclic) bond motifs is 1. The van der Waals surface area contributed by atoms with Gasteiger partial charge < -0.3 is 5.73 Å². The molecule has 0 amide bonds. The highest BCUT2D eigenvalue weighted by Crippen LogP contribution is 2.12. The maximum atomic E-state index is 5.64. The lowest BCUT2D eigenvalue weighted by Crippen LogP contribution is -1.84. The standard InChI is InChI=1S/C17H12N2/c18-16-9-7-13(8-10-16)5-6-14-11-15-3-1-2-4-17(15)19-12-14/h1-4,7-12H,18H2. The number of nitrogens with zero attached hydrogens (tertiary/aromatic N) is 1. The second-order valence-corrected chi connectivity index (χ2v) is 4.29. The Morgan fingerprint density at radius 2 is 1.58 bits per heavy atom. The Morgan fingerprint density at radius 1 is 0.842 bits per heavy atom. The van der Waals surface area contributed by atoms with E-state index in [9.17, 15) is 0 Å². The van der Waals surface area contributed by atoms with E-state index in [4.69, 9.17) is 5.73 Å². The zero-order valence-corrected chi connectivity index (χ0v) is 10.3. The Bertz CT molecular complexity index is 777. The van der Waals surface area contributed by atoms with Crippen molar-refractivity contribution in [1.29, 1.82) is 0 Å². The van der Waals surface area contributed by atoms with Crippen molar-refractivity contribution in [3.8, 4) is 11.8 Å². The van der Waals surface area contributed by atoms with Crippen LogP contribution in [0, 0.1) is 11.8 Å². The van der Waals surface area contributed by atoms with Gasteiger partial charge in [-0.3, -0.25) is 4.98 Å². The van der Waals surface area contributed by atoms with Crippen LogP contribution in [-0.4, -0.2) is 4.98 Å². The van der Waals surface area contributed by atoms with E-state index >= 15 is 0 Å². The number of pyridine rings is 1. The third-order valence-corrected chi connectivity index (χ3v) is 2.85. The number of rotatable bonds is 0. The van der Waals surface area contributed by atoms with Gasteiger partial charge in [-0.2, -0.15) is 0 Å². The van der Waals surface area contributed by atoms with Crippen LogP contribution in [0.1, 0.15) is 11.1 Å². The number of hydrogen-bond donors (Lipinski definition) is 1. The molecule has 1 aromatic heterocycles. The number of nitrogens with two attached hydrogens (primary N) is 1. The number of nitrogen functional groups attached to an aromatic ring is 1. The summed E-state index contributed by atoms with van der Waals surface area (Å²) in [5.74, 6) is 6.23. The number of aromatic nitrogens is 1. The molecule has 0 fully saturated rings. The summed E-state index contributed by atoms with van der Waals surface area (Å²) >= 11 is 0. The Labute approximate surface area is 111 Å². The van der Waals surface area contributed by atoms with Crippen LogP contribution in [-0.2, 0) is 0 Å². The fraction of sp³-hybridized carbons (Fsp3) is 0. The minimum Gasteiger partial charge on any atom is -0.399 e. The topological polar surface area (TPSA) is 38.9 Å². The van der Waals surface area contributed by atoms with Crippen molar-refractivity contribution in [3.05, 3.63) is 71.9 Å². The molecule has 3 aromatic rings. The summed E-state index contributed by atoms with van der Waals surface area (Å²) in [4.78, 5) is 4.39. The predicted octanol–water partition coefficient (Wildman–Crippen LogP) is 3.22. The molecule has 0 atom stereocenters. The molecule has 90 valence electrons. The van der Waals surface area contributed by atoms with Gasteiger partial charge in [0.05, 0.1) is 5.52 Å². The Kier molecular flexibility index (Phi) is 2.88. The molecule has 0 radical (unpaired) electrons. The van der Waals surface area contributed by atoms with Crippen molar-refractivity contribution in [2.75, 3.05) is 5.73 Å². The molecule has 19 heavy (non-hydrogen) atoms. The molecule has 2 N–H and O–H groups in total. The number of para-hydroxylation sites is 1. The first-order valence-corrected chi connectivity index (χ1v) is 6.04. The van der Waals surface area contributed by atoms with Crippen LogP contribution in [0.2, 0.25) is 0 Å². The zero-order chi connectivity index (χ0) is 13.1. The second-order valence-electron chi connectivity index (χ2n) is 4.29. The molecule has 0 aliphatic carbocycles. The Morgan fingerprint density at radius 3 is 2.42 bits per heavy atom. The quantitative estimate of drug-likeness (QED) is 0.487. The molecule has 1 heterocycles. The molecule has 0 aliphatic heterocycles. The van der Waals surface area contributed by atoms with Gasteiger partial charge in [-0.05, 0) is 36.4 Å². The van der Waals surface area contributed by atoms with Crippen molar-refractivity contribution in [2.24, 2.45) is 0 Å². The SMILES string of the molecule is Nc1ccc(C#Cc2cnc3ccccc3c2)cc1. The molecule has 0 aliphatic rings. The van der Waals surface area contributed by atoms with Crippen LogP contribution in [0.25, 0.3) is 10.9 Å². The summed E-state index contributed by atoms with van der Waals surface area (Å²) in [6.07, 6.45) is 1.80. The van der Waals surface area contributed by atoms with Crippen molar-refractivity contribution in [1.82, 2.24) is 4.98 Å². The van der Waals surface area contributed by atoms with Gasteiger partial charge in [0.1, 0.15) is 0 Å². The first-order chi connectivity index (χ1) is 9.31. The van der Waals surface area contributed by atoms with Crippen molar-refractivity contribution in [2.45, 2.75) is 0 Å². The monoisotopic (exact) mass is 244 g/mol. The first-order valence-electron chi connectivity index (χ1n) is 6.04. The maximum absolute atomic E-state index is 5.64. The maximum Gasteiger partial charge on any atom is 0.0702 e. The van der Waals surface area contributed by atoms with E-state index in [0.717, 1.165) is 27.7 Å². The van der Waals surface area contributed by atoms with Gasteiger partial charge in [-0.25, -0.2) is 0 Å². The summed E-state index contributed by atoms with van der Waals surface area (Å²) in [7, 11) is 0. The molecule has 0 saturated heterocycles. The van der Waals surface area contributed by atoms with E-state index in [1.54, 1.807) is 6.20 Å². The van der Waals surface area contributed by atoms with Crippen LogP contribution in [0.5, 0.6) is 0 Å². The minimum absolute atomic E-state index is 0.748. The van der Waals surface area contributed by atoms with Gasteiger partial charge in [-0.15, -0.1) is 0 Å². The van der Waals surface area contributed by atoms with Crippen molar-refractivity contribution >= 4 is 16.6 Å². The van der Waals surface area contributed by atoms with Gasteiger partial charge in [0.15, 0.2) is 0 Å². The van der Waals surface area contributed by atoms with Crippen molar-refractivity contribution in [3.63, 3.8) is 0 Å². The van der Waals surface area contributed by atoms with E-state index in [1.807, 2.05) is 54.6 Å². The molecule has 0 spiro atoms. The minimum atomic E-state index is 0.748. The smallest absolute Gasteiger partial charge is 0.0702 e. The molecule has 2 heteroatoms. The van der Waals surface area contributed by atoms with Crippen LogP contribution >= 0.6 is 0 Å². The van der Waals surface area contributed by atoms with Crippen molar-refractivity contribution < 1.29 is 0 Å². The Hall–Kier alpha value is -2.79. The molecule has 3 rings (SSSR count). The highest BCUT2D eigenvalue weighted by molar-refractivity contribution is 5.79. The lowest BCUT2D eigenvalue weighted by molar-refractivity contribution is 1.39. The molecular formula is C17H12N2. The number of anilines is 1. The molecule has 0 unspecified atom stereocenters. The predicted molar refractivity (Wildman–Crippen MR) is 78.6 cm³/mol.